The Labute approximate surface area is 290 Å². The Hall–Kier alpha value is -4.49. The van der Waals surface area contributed by atoms with Crippen molar-refractivity contribution in [2.24, 2.45) is 24.6 Å². The summed E-state index contributed by atoms with van der Waals surface area (Å²) in [5.74, 6) is -4.29. The van der Waals surface area contributed by atoms with Crippen molar-refractivity contribution in [1.29, 1.82) is 0 Å². The fourth-order valence-electron chi connectivity index (χ4n) is 5.83. The first kappa shape index (κ1) is 36.8. The summed E-state index contributed by atoms with van der Waals surface area (Å²) < 4.78 is 70.0. The SMILES string of the molecule is Cn1c(-c2cn(C3CC3(F)F)nc2C(F)(F)F)cnc1C(=O)Nc1ccc(C(=O)NC2C3CN(C(=O)NC(CN)CCl)CC32)c(Cl)c1.O=CO. The van der Waals surface area contributed by atoms with Crippen molar-refractivity contribution < 1.29 is 46.2 Å². The molecule has 0 radical (unpaired) electrons. The summed E-state index contributed by atoms with van der Waals surface area (Å²) >= 11 is 12.1. The highest BCUT2D eigenvalue weighted by Crippen LogP contribution is 2.53. The van der Waals surface area contributed by atoms with E-state index in [1.54, 1.807) is 4.90 Å². The van der Waals surface area contributed by atoms with Crippen LogP contribution in [0.3, 0.4) is 0 Å². The molecule has 50 heavy (non-hydrogen) atoms. The van der Waals surface area contributed by atoms with Crippen molar-refractivity contribution >= 4 is 53.2 Å². The van der Waals surface area contributed by atoms with Crippen LogP contribution in [0.25, 0.3) is 11.3 Å². The van der Waals surface area contributed by atoms with Gasteiger partial charge in [-0.1, -0.05) is 11.6 Å². The van der Waals surface area contributed by atoms with E-state index < -0.39 is 47.6 Å². The molecule has 2 aromatic heterocycles. The number of rotatable bonds is 9. The highest BCUT2D eigenvalue weighted by molar-refractivity contribution is 6.34. The van der Waals surface area contributed by atoms with Gasteiger partial charge in [0.25, 0.3) is 24.2 Å². The number of aromatic nitrogens is 4. The number of nitrogens with one attached hydrogen (secondary N) is 3. The van der Waals surface area contributed by atoms with Crippen molar-refractivity contribution in [2.75, 3.05) is 30.8 Å². The first-order chi connectivity index (χ1) is 23.5. The van der Waals surface area contributed by atoms with E-state index in [1.807, 2.05) is 0 Å². The monoisotopic (exact) mass is 749 g/mol. The number of carbonyl (C=O) groups excluding carboxylic acids is 3. The van der Waals surface area contributed by atoms with Gasteiger partial charge < -0.3 is 36.3 Å². The number of nitrogens with two attached hydrogens (primary N) is 1. The third kappa shape index (κ3) is 7.48. The number of carbonyl (C=O) groups is 4. The van der Waals surface area contributed by atoms with E-state index >= 15 is 0 Å². The molecule has 3 aromatic rings. The molecule has 270 valence electrons. The van der Waals surface area contributed by atoms with Crippen molar-refractivity contribution in [1.82, 2.24) is 34.9 Å². The van der Waals surface area contributed by atoms with Gasteiger partial charge in [0.2, 0.25) is 0 Å². The molecule has 2 aliphatic carbocycles. The van der Waals surface area contributed by atoms with Crippen molar-refractivity contribution in [2.45, 2.75) is 36.6 Å². The molecule has 1 aliphatic heterocycles. The minimum Gasteiger partial charge on any atom is -0.483 e. The Balaban J connectivity index is 0.00000156. The average Bonchev–Trinajstić information content (AvgIpc) is 3.55. The summed E-state index contributed by atoms with van der Waals surface area (Å²) in [6.45, 7) is 0.894. The summed E-state index contributed by atoms with van der Waals surface area (Å²) in [6, 6.07) is 1.96. The molecule has 4 unspecified atom stereocenters. The lowest BCUT2D eigenvalue weighted by molar-refractivity contribution is -0.141. The average molecular weight is 751 g/mol. The molecule has 0 bridgehead atoms. The largest absolute Gasteiger partial charge is 0.483 e. The zero-order valence-corrected chi connectivity index (χ0v) is 27.4. The summed E-state index contributed by atoms with van der Waals surface area (Å²) in [4.78, 5) is 52.4. The molecule has 21 heteroatoms. The molecule has 1 aromatic carbocycles. The second kappa shape index (κ2) is 14.0. The predicted molar refractivity (Wildman–Crippen MR) is 168 cm³/mol. The lowest BCUT2D eigenvalue weighted by Gasteiger charge is -2.23. The van der Waals surface area contributed by atoms with Crippen LogP contribution in [0.5, 0.6) is 0 Å². The van der Waals surface area contributed by atoms with Crippen LogP contribution in [0.2, 0.25) is 5.02 Å². The molecule has 3 aliphatic rings. The number of piperidine rings is 1. The number of nitrogens with zero attached hydrogens (tertiary/aromatic N) is 5. The Morgan fingerprint density at radius 3 is 2.38 bits per heavy atom. The molecule has 14 nitrogen and oxygen atoms in total. The van der Waals surface area contributed by atoms with Gasteiger partial charge in [-0.25, -0.2) is 18.6 Å². The van der Waals surface area contributed by atoms with Gasteiger partial charge in [-0.15, -0.1) is 11.6 Å². The molecular weight excluding hydrogens is 720 g/mol. The highest BCUT2D eigenvalue weighted by atomic mass is 35.5. The van der Waals surface area contributed by atoms with Crippen LogP contribution in [0, 0.1) is 11.8 Å². The standard InChI is InChI=1S/C28H28Cl2F5N9O3.CH2O2/c1-42-19(17-11-44(20-5-27(20,31)32)41-22(17)28(33,34)35)8-37-23(42)25(46)38-12-2-3-14(18(30)4-12)24(45)40-21-15-9-43(10-16(15)21)26(47)39-13(6-29)7-36;2-1-3/h2-4,8,11,13,15-16,20-21H,5-7,9-10,36H2,1H3,(H,38,46)(H,39,47)(H,40,45);1H,(H,2,3). The second-order valence-corrected chi connectivity index (χ2v) is 12.6. The van der Waals surface area contributed by atoms with Crippen LogP contribution in [0.15, 0.2) is 30.6 Å². The number of amides is 4. The minimum atomic E-state index is -4.95. The molecule has 3 fully saturated rings. The van der Waals surface area contributed by atoms with Crippen LogP contribution in [-0.4, -0.2) is 97.2 Å². The second-order valence-electron chi connectivity index (χ2n) is 11.9. The maximum atomic E-state index is 13.7. The third-order valence-corrected chi connectivity index (χ3v) is 9.31. The Bertz CT molecular complexity index is 1790. The Morgan fingerprint density at radius 1 is 1.20 bits per heavy atom. The summed E-state index contributed by atoms with van der Waals surface area (Å²) in [6.07, 6.45) is -3.68. The molecular formula is C29H30Cl2F5N9O5. The lowest BCUT2D eigenvalue weighted by Crippen LogP contribution is -2.49. The van der Waals surface area contributed by atoms with Gasteiger partial charge in [0.05, 0.1) is 34.1 Å². The van der Waals surface area contributed by atoms with Crippen LogP contribution in [0.1, 0.15) is 39.1 Å². The molecule has 2 saturated carbocycles. The summed E-state index contributed by atoms with van der Waals surface area (Å²) in [5, 5.41) is 18.5. The predicted octanol–water partition coefficient (Wildman–Crippen LogP) is 3.42. The van der Waals surface area contributed by atoms with Crippen LogP contribution >= 0.6 is 23.2 Å². The minimum absolute atomic E-state index is 0.0284. The number of halogens is 7. The molecule has 6 rings (SSSR count). The van der Waals surface area contributed by atoms with Gasteiger partial charge in [-0.3, -0.25) is 19.1 Å². The smallest absolute Gasteiger partial charge is 0.435 e. The van der Waals surface area contributed by atoms with E-state index in [4.69, 9.17) is 38.8 Å². The number of anilines is 1. The number of likely N-dealkylation sites (tertiary alicyclic amines) is 1. The fourth-order valence-corrected chi connectivity index (χ4v) is 6.30. The first-order valence-electron chi connectivity index (χ1n) is 14.9. The number of alkyl halides is 6. The van der Waals surface area contributed by atoms with E-state index in [-0.39, 0.29) is 76.6 Å². The fraction of sp³-hybridized carbons (Fsp3) is 0.448. The van der Waals surface area contributed by atoms with E-state index in [2.05, 4.69) is 26.0 Å². The highest BCUT2D eigenvalue weighted by Gasteiger charge is 2.60. The Kier molecular flexibility index (Phi) is 10.3. The van der Waals surface area contributed by atoms with E-state index in [1.165, 1.54) is 25.2 Å². The van der Waals surface area contributed by atoms with Gasteiger partial charge in [0, 0.05) is 68.7 Å². The number of carboxylic acid groups (broad SMARTS) is 1. The molecule has 6 N–H and O–H groups in total. The number of hydrogen-bond donors (Lipinski definition) is 5. The van der Waals surface area contributed by atoms with Crippen molar-refractivity contribution in [3.05, 3.63) is 52.7 Å². The lowest BCUT2D eigenvalue weighted by atomic mass is 10.2. The van der Waals surface area contributed by atoms with Crippen LogP contribution in [0.4, 0.5) is 32.4 Å². The number of benzene rings is 1. The number of imidazole rings is 1. The van der Waals surface area contributed by atoms with E-state index in [0.29, 0.717) is 17.8 Å². The summed E-state index contributed by atoms with van der Waals surface area (Å²) in [7, 11) is 1.30. The quantitative estimate of drug-likeness (QED) is 0.125. The normalized spacial score (nSPS) is 22.1. The number of hydrogen-bond acceptors (Lipinski definition) is 7. The Morgan fingerprint density at radius 2 is 1.84 bits per heavy atom. The number of urea groups is 1. The van der Waals surface area contributed by atoms with Crippen LogP contribution in [-0.2, 0) is 18.0 Å². The molecule has 3 heterocycles. The zero-order valence-electron chi connectivity index (χ0n) is 25.9. The molecule has 0 spiro atoms. The maximum Gasteiger partial charge on any atom is 0.435 e. The van der Waals surface area contributed by atoms with E-state index in [0.717, 1.165) is 17.0 Å². The van der Waals surface area contributed by atoms with E-state index in [9.17, 15) is 36.3 Å². The zero-order chi connectivity index (χ0) is 36.7. The van der Waals surface area contributed by atoms with Crippen LogP contribution < -0.4 is 21.7 Å². The molecule has 4 atom stereocenters. The molecule has 4 amide bonds. The van der Waals surface area contributed by atoms with Gasteiger partial charge in [-0.2, -0.15) is 18.3 Å². The molecule has 1 saturated heterocycles. The van der Waals surface area contributed by atoms with Gasteiger partial charge in [0.1, 0.15) is 6.04 Å². The topological polar surface area (TPSA) is 190 Å². The van der Waals surface area contributed by atoms with Gasteiger partial charge >= 0.3 is 12.2 Å². The first-order valence-corrected chi connectivity index (χ1v) is 15.8. The summed E-state index contributed by atoms with van der Waals surface area (Å²) in [5.41, 5.74) is 3.86. The van der Waals surface area contributed by atoms with Crippen molar-refractivity contribution in [3.63, 3.8) is 0 Å². The third-order valence-electron chi connectivity index (χ3n) is 8.63. The number of fused-ring (bicyclic) bond motifs is 1. The van der Waals surface area contributed by atoms with Gasteiger partial charge in [-0.05, 0) is 18.2 Å². The van der Waals surface area contributed by atoms with Gasteiger partial charge in [0.15, 0.2) is 11.5 Å². The van der Waals surface area contributed by atoms with Crippen molar-refractivity contribution in [3.8, 4) is 11.3 Å². The maximum absolute atomic E-state index is 13.7.